The van der Waals surface area contributed by atoms with Crippen molar-refractivity contribution < 1.29 is 13.5 Å². The summed E-state index contributed by atoms with van der Waals surface area (Å²) in [4.78, 5) is 0. The topological polar surface area (TPSA) is 9.23 Å². The van der Waals surface area contributed by atoms with Crippen LogP contribution in [0.3, 0.4) is 0 Å². The molecule has 0 atom stereocenters. The fourth-order valence-electron chi connectivity index (χ4n) is 1.72. The van der Waals surface area contributed by atoms with Gasteiger partial charge in [-0.3, -0.25) is 0 Å². The van der Waals surface area contributed by atoms with E-state index in [1.54, 1.807) is 12.1 Å². The zero-order chi connectivity index (χ0) is 15.1. The maximum absolute atomic E-state index is 13.3. The molecule has 0 saturated carbocycles. The monoisotopic (exact) mass is 306 g/mol. The van der Waals surface area contributed by atoms with Gasteiger partial charge in [0.25, 0.3) is 0 Å². The lowest BCUT2D eigenvalue weighted by molar-refractivity contribution is 0.304. The van der Waals surface area contributed by atoms with E-state index in [1.165, 1.54) is 30.3 Å². The Hall–Kier alpha value is -2.05. The van der Waals surface area contributed by atoms with Crippen molar-refractivity contribution in [2.75, 3.05) is 5.88 Å². The highest BCUT2D eigenvalue weighted by Crippen LogP contribution is 2.20. The Balaban J connectivity index is 2.14. The van der Waals surface area contributed by atoms with E-state index >= 15 is 0 Å². The van der Waals surface area contributed by atoms with E-state index in [4.69, 9.17) is 16.3 Å². The van der Waals surface area contributed by atoms with Gasteiger partial charge in [-0.1, -0.05) is 24.0 Å². The van der Waals surface area contributed by atoms with E-state index in [1.807, 2.05) is 0 Å². The molecule has 2 rings (SSSR count). The van der Waals surface area contributed by atoms with Gasteiger partial charge in [-0.05, 0) is 35.9 Å². The number of hydrogen-bond donors (Lipinski definition) is 0. The Morgan fingerprint density at radius 2 is 1.86 bits per heavy atom. The van der Waals surface area contributed by atoms with E-state index in [-0.39, 0.29) is 18.2 Å². The normalized spacial score (nSPS) is 9.86. The molecule has 0 radical (unpaired) electrons. The third kappa shape index (κ3) is 4.77. The molecule has 0 heterocycles. The van der Waals surface area contributed by atoms with Gasteiger partial charge in [0, 0.05) is 12.3 Å². The molecule has 0 unspecified atom stereocenters. The maximum atomic E-state index is 13.3. The molecule has 0 N–H and O–H groups in total. The van der Waals surface area contributed by atoms with Crippen LogP contribution >= 0.6 is 11.6 Å². The van der Waals surface area contributed by atoms with E-state index in [9.17, 15) is 8.78 Å². The lowest BCUT2D eigenvalue weighted by atomic mass is 10.2. The van der Waals surface area contributed by atoms with E-state index in [0.717, 1.165) is 0 Å². The minimum atomic E-state index is -0.386. The van der Waals surface area contributed by atoms with Gasteiger partial charge in [0.05, 0.1) is 5.56 Å². The van der Waals surface area contributed by atoms with Crippen molar-refractivity contribution >= 4 is 11.6 Å². The zero-order valence-electron chi connectivity index (χ0n) is 11.2. The standard InChI is InChI=1S/C17H13ClF2O/c18-9-2-1-5-14-11-16(20)7-8-17(14)21-12-13-4-3-6-15(19)10-13/h3-4,6-8,10-11H,2,9,12H2. The van der Waals surface area contributed by atoms with Gasteiger partial charge in [0.15, 0.2) is 0 Å². The second kappa shape index (κ2) is 7.66. The molecule has 4 heteroatoms. The number of alkyl halides is 1. The number of ether oxygens (including phenoxy) is 1. The highest BCUT2D eigenvalue weighted by atomic mass is 35.5. The summed E-state index contributed by atoms with van der Waals surface area (Å²) in [6.07, 6.45) is 0.515. The molecule has 0 amide bonds. The average molecular weight is 307 g/mol. The van der Waals surface area contributed by atoms with Crippen molar-refractivity contribution in [1.82, 2.24) is 0 Å². The molecule has 2 aromatic rings. The molecule has 0 bridgehead atoms. The summed E-state index contributed by atoms with van der Waals surface area (Å²) in [6.45, 7) is 0.188. The molecular formula is C17H13ClF2O. The quantitative estimate of drug-likeness (QED) is 0.596. The minimum Gasteiger partial charge on any atom is -0.488 e. The largest absolute Gasteiger partial charge is 0.488 e. The zero-order valence-corrected chi connectivity index (χ0v) is 12.0. The number of benzene rings is 2. The third-order valence-electron chi connectivity index (χ3n) is 2.67. The van der Waals surface area contributed by atoms with E-state index in [0.29, 0.717) is 29.2 Å². The van der Waals surface area contributed by atoms with Crippen LogP contribution in [0, 0.1) is 23.5 Å². The van der Waals surface area contributed by atoms with Crippen molar-refractivity contribution in [2.45, 2.75) is 13.0 Å². The first-order chi connectivity index (χ1) is 10.2. The molecule has 108 valence electrons. The molecule has 0 saturated heterocycles. The Morgan fingerprint density at radius 3 is 2.62 bits per heavy atom. The Kier molecular flexibility index (Phi) is 5.59. The van der Waals surface area contributed by atoms with E-state index < -0.39 is 0 Å². The van der Waals surface area contributed by atoms with Crippen LogP contribution in [0.1, 0.15) is 17.5 Å². The highest BCUT2D eigenvalue weighted by Gasteiger charge is 2.04. The van der Waals surface area contributed by atoms with Gasteiger partial charge < -0.3 is 4.74 Å². The lowest BCUT2D eigenvalue weighted by Crippen LogP contribution is -1.98. The first-order valence-corrected chi connectivity index (χ1v) is 6.94. The number of halogens is 3. The molecule has 1 nitrogen and oxygen atoms in total. The first-order valence-electron chi connectivity index (χ1n) is 6.40. The summed E-state index contributed by atoms with van der Waals surface area (Å²) in [7, 11) is 0. The van der Waals surface area contributed by atoms with Gasteiger partial charge in [-0.2, -0.15) is 0 Å². The molecule has 21 heavy (non-hydrogen) atoms. The maximum Gasteiger partial charge on any atom is 0.135 e. The first kappa shape index (κ1) is 15.3. The van der Waals surface area contributed by atoms with Crippen LogP contribution in [0.4, 0.5) is 8.78 Å². The summed E-state index contributed by atoms with van der Waals surface area (Å²) < 4.78 is 32.0. The average Bonchev–Trinajstić information content (AvgIpc) is 2.47. The minimum absolute atomic E-state index is 0.188. The molecule has 0 aliphatic rings. The van der Waals surface area contributed by atoms with Gasteiger partial charge in [0.1, 0.15) is 24.0 Å². The van der Waals surface area contributed by atoms with Gasteiger partial charge >= 0.3 is 0 Å². The molecule has 0 fully saturated rings. The molecule has 0 aliphatic carbocycles. The number of rotatable bonds is 4. The second-order valence-corrected chi connectivity index (χ2v) is 4.68. The SMILES string of the molecule is Fc1cccc(COc2ccc(F)cc2C#CCCCl)c1. The van der Waals surface area contributed by atoms with Crippen LogP contribution in [0.25, 0.3) is 0 Å². The lowest BCUT2D eigenvalue weighted by Gasteiger charge is -2.08. The van der Waals surface area contributed by atoms with Crippen molar-refractivity contribution in [3.8, 4) is 17.6 Å². The molecule has 0 aromatic heterocycles. The highest BCUT2D eigenvalue weighted by molar-refractivity contribution is 6.18. The van der Waals surface area contributed by atoms with Crippen molar-refractivity contribution in [2.24, 2.45) is 0 Å². The fraction of sp³-hybridized carbons (Fsp3) is 0.176. The van der Waals surface area contributed by atoms with Crippen molar-refractivity contribution in [1.29, 1.82) is 0 Å². The van der Waals surface area contributed by atoms with Crippen LogP contribution in [0.15, 0.2) is 42.5 Å². The second-order valence-electron chi connectivity index (χ2n) is 4.30. The summed E-state index contributed by atoms with van der Waals surface area (Å²) in [5.41, 5.74) is 1.15. The molecule has 2 aromatic carbocycles. The summed E-state index contributed by atoms with van der Waals surface area (Å²) in [5, 5.41) is 0. The van der Waals surface area contributed by atoms with Crippen LogP contribution in [0.5, 0.6) is 5.75 Å². The Labute approximate surface area is 127 Å². The summed E-state index contributed by atoms with van der Waals surface area (Å²) in [6, 6.07) is 10.2. The molecule has 0 aliphatic heterocycles. The van der Waals surface area contributed by atoms with Crippen LogP contribution in [-0.4, -0.2) is 5.88 Å². The van der Waals surface area contributed by atoms with Crippen molar-refractivity contribution in [3.63, 3.8) is 0 Å². The Bertz CT molecular complexity index is 674. The van der Waals surface area contributed by atoms with Crippen LogP contribution < -0.4 is 4.74 Å². The van der Waals surface area contributed by atoms with E-state index in [2.05, 4.69) is 11.8 Å². The third-order valence-corrected chi connectivity index (χ3v) is 2.86. The smallest absolute Gasteiger partial charge is 0.135 e. The van der Waals surface area contributed by atoms with Crippen molar-refractivity contribution in [3.05, 3.63) is 65.2 Å². The summed E-state index contributed by atoms with van der Waals surface area (Å²) >= 11 is 5.55. The number of hydrogen-bond acceptors (Lipinski definition) is 1. The predicted molar refractivity (Wildman–Crippen MR) is 79.3 cm³/mol. The fourth-order valence-corrected chi connectivity index (χ4v) is 1.81. The van der Waals surface area contributed by atoms with Gasteiger partial charge in [-0.15, -0.1) is 11.6 Å². The summed E-state index contributed by atoms with van der Waals surface area (Å²) in [5.74, 6) is 5.84. The molecular weight excluding hydrogens is 294 g/mol. The van der Waals surface area contributed by atoms with Gasteiger partial charge in [0.2, 0.25) is 0 Å². The van der Waals surface area contributed by atoms with Gasteiger partial charge in [-0.25, -0.2) is 8.78 Å². The molecule has 0 spiro atoms. The predicted octanol–water partition coefficient (Wildman–Crippen LogP) is 4.52. The van der Waals surface area contributed by atoms with Crippen LogP contribution in [0.2, 0.25) is 0 Å². The Morgan fingerprint density at radius 1 is 1.05 bits per heavy atom. The van der Waals surface area contributed by atoms with Crippen LogP contribution in [-0.2, 0) is 6.61 Å².